The number of piperidine rings is 1. The number of pyridine rings is 1. The smallest absolute Gasteiger partial charge is 0.324 e. The van der Waals surface area contributed by atoms with Crippen LogP contribution in [0.1, 0.15) is 31.1 Å². The minimum atomic E-state index is -0.834. The number of aryl methyl sites for hydroxylation is 2. The number of hydrogen-bond acceptors (Lipinski definition) is 7. The lowest BCUT2D eigenvalue weighted by Gasteiger charge is -2.24. The van der Waals surface area contributed by atoms with Crippen LogP contribution in [0.25, 0.3) is 16.6 Å². The Hall–Kier alpha value is -4.61. The van der Waals surface area contributed by atoms with Crippen LogP contribution in [0.5, 0.6) is 0 Å². The van der Waals surface area contributed by atoms with Gasteiger partial charge in [-0.05, 0) is 37.6 Å². The van der Waals surface area contributed by atoms with E-state index in [1.807, 2.05) is 0 Å². The summed E-state index contributed by atoms with van der Waals surface area (Å²) in [5.41, 5.74) is 0.334. The van der Waals surface area contributed by atoms with Crippen molar-refractivity contribution in [1.82, 2.24) is 29.0 Å². The number of rotatable bonds is 5. The summed E-state index contributed by atoms with van der Waals surface area (Å²) in [6, 6.07) is 9.15. The number of para-hydroxylation sites is 1. The lowest BCUT2D eigenvalue weighted by Crippen LogP contribution is -2.45. The zero-order chi connectivity index (χ0) is 24.7. The van der Waals surface area contributed by atoms with Crippen molar-refractivity contribution in [2.24, 2.45) is 0 Å². The number of benzene rings is 1. The van der Waals surface area contributed by atoms with Crippen molar-refractivity contribution < 1.29 is 14.4 Å². The molecular weight excluding hydrogens is 454 g/mol. The number of anilines is 1. The van der Waals surface area contributed by atoms with Gasteiger partial charge in [-0.25, -0.2) is 14.5 Å². The molecule has 0 saturated carbocycles. The van der Waals surface area contributed by atoms with Gasteiger partial charge in [0.1, 0.15) is 17.4 Å². The van der Waals surface area contributed by atoms with E-state index < -0.39 is 17.5 Å². The fraction of sp³-hybridized carbons (Fsp3) is 0.261. The van der Waals surface area contributed by atoms with Gasteiger partial charge in [0, 0.05) is 19.0 Å². The van der Waals surface area contributed by atoms with Gasteiger partial charge in [0.2, 0.25) is 17.7 Å². The maximum absolute atomic E-state index is 13.2. The van der Waals surface area contributed by atoms with E-state index in [9.17, 15) is 24.0 Å². The molecule has 3 aromatic heterocycles. The van der Waals surface area contributed by atoms with E-state index in [4.69, 9.17) is 0 Å². The van der Waals surface area contributed by atoms with E-state index in [2.05, 4.69) is 20.7 Å². The van der Waals surface area contributed by atoms with Crippen LogP contribution >= 0.6 is 0 Å². The fourth-order valence-electron chi connectivity index (χ4n) is 4.26. The number of nitrogens with zero attached hydrogens (tertiary/aromatic N) is 5. The molecular formula is C23H21N7O5. The van der Waals surface area contributed by atoms with Crippen LogP contribution < -0.4 is 21.9 Å². The molecule has 0 aliphatic carbocycles. The molecule has 1 unspecified atom stereocenters. The molecule has 5 rings (SSSR count). The van der Waals surface area contributed by atoms with Crippen LogP contribution in [0.3, 0.4) is 0 Å². The van der Waals surface area contributed by atoms with Crippen LogP contribution in [-0.4, -0.2) is 41.5 Å². The van der Waals surface area contributed by atoms with Gasteiger partial charge in [0.05, 0.1) is 17.6 Å². The first kappa shape index (κ1) is 22.2. The number of aromatic nitrogens is 5. The second-order valence-corrected chi connectivity index (χ2v) is 8.24. The Morgan fingerprint density at radius 1 is 1.14 bits per heavy atom. The number of amides is 3. The highest BCUT2D eigenvalue weighted by Crippen LogP contribution is 2.23. The standard InChI is InChI=1S/C23H21N7O5/c1-13-24-20-14(22(34)30(13)16-8-9-18(31)26-21(16)33)5-4-6-15(20)25-19(32)10-12-29-23(35)28-11-3-2-7-17(28)27-29/h2-7,11,16H,8-10,12H2,1H3,(H,25,32)(H,26,31,33). The molecule has 1 saturated heterocycles. The molecule has 0 spiro atoms. The third-order valence-corrected chi connectivity index (χ3v) is 5.94. The van der Waals surface area contributed by atoms with Gasteiger partial charge in [0.15, 0.2) is 5.65 Å². The van der Waals surface area contributed by atoms with Crippen molar-refractivity contribution in [1.29, 1.82) is 0 Å². The van der Waals surface area contributed by atoms with Gasteiger partial charge in [-0.1, -0.05) is 12.1 Å². The molecule has 1 fully saturated rings. The number of carbonyl (C=O) groups is 3. The summed E-state index contributed by atoms with van der Waals surface area (Å²) in [4.78, 5) is 66.6. The highest BCUT2D eigenvalue weighted by molar-refractivity contribution is 6.01. The third-order valence-electron chi connectivity index (χ3n) is 5.94. The number of imide groups is 1. The molecule has 4 heterocycles. The third kappa shape index (κ3) is 3.98. The minimum Gasteiger partial charge on any atom is -0.324 e. The molecule has 0 radical (unpaired) electrons. The summed E-state index contributed by atoms with van der Waals surface area (Å²) in [6.45, 7) is 1.67. The second kappa shape index (κ2) is 8.63. The number of carbonyl (C=O) groups excluding carboxylic acids is 3. The molecule has 178 valence electrons. The van der Waals surface area contributed by atoms with Crippen molar-refractivity contribution in [2.75, 3.05) is 5.32 Å². The van der Waals surface area contributed by atoms with E-state index in [0.29, 0.717) is 11.3 Å². The Morgan fingerprint density at radius 2 is 1.97 bits per heavy atom. The van der Waals surface area contributed by atoms with Crippen molar-refractivity contribution in [3.8, 4) is 0 Å². The number of nitrogens with one attached hydrogen (secondary N) is 2. The van der Waals surface area contributed by atoms with Crippen LogP contribution in [0.4, 0.5) is 5.69 Å². The van der Waals surface area contributed by atoms with Gasteiger partial charge >= 0.3 is 5.69 Å². The minimum absolute atomic E-state index is 0.0213. The van der Waals surface area contributed by atoms with E-state index in [1.165, 1.54) is 13.6 Å². The summed E-state index contributed by atoms with van der Waals surface area (Å²) in [6.07, 6.45) is 1.92. The molecule has 12 heteroatoms. The average molecular weight is 475 g/mol. The first-order valence-electron chi connectivity index (χ1n) is 11.0. The maximum atomic E-state index is 13.2. The van der Waals surface area contributed by atoms with Gasteiger partial charge in [-0.3, -0.25) is 33.5 Å². The van der Waals surface area contributed by atoms with Gasteiger partial charge in [-0.2, -0.15) is 0 Å². The predicted molar refractivity (Wildman–Crippen MR) is 125 cm³/mol. The largest absolute Gasteiger partial charge is 0.350 e. The Kier molecular flexibility index (Phi) is 5.47. The molecule has 2 N–H and O–H groups in total. The Balaban J connectivity index is 1.39. The first-order valence-corrected chi connectivity index (χ1v) is 11.0. The molecule has 1 atom stereocenters. The van der Waals surface area contributed by atoms with Crippen molar-refractivity contribution in [3.63, 3.8) is 0 Å². The molecule has 0 bridgehead atoms. The average Bonchev–Trinajstić information content (AvgIpc) is 3.15. The zero-order valence-electron chi connectivity index (χ0n) is 18.7. The molecule has 1 aliphatic rings. The van der Waals surface area contributed by atoms with E-state index in [1.54, 1.807) is 49.5 Å². The van der Waals surface area contributed by atoms with Gasteiger partial charge < -0.3 is 5.32 Å². The zero-order valence-corrected chi connectivity index (χ0v) is 18.7. The fourth-order valence-corrected chi connectivity index (χ4v) is 4.26. The van der Waals surface area contributed by atoms with Crippen LogP contribution in [0, 0.1) is 6.92 Å². The number of hydrogen-bond donors (Lipinski definition) is 2. The van der Waals surface area contributed by atoms with E-state index in [0.717, 1.165) is 0 Å². The maximum Gasteiger partial charge on any atom is 0.350 e. The Bertz CT molecular complexity index is 1630. The highest BCUT2D eigenvalue weighted by Gasteiger charge is 2.30. The summed E-state index contributed by atoms with van der Waals surface area (Å²) in [5.74, 6) is -1.01. The van der Waals surface area contributed by atoms with Gasteiger partial charge in [-0.15, -0.1) is 5.10 Å². The highest BCUT2D eigenvalue weighted by atomic mass is 16.2. The summed E-state index contributed by atoms with van der Waals surface area (Å²) in [5, 5.41) is 9.44. The molecule has 1 aliphatic heterocycles. The van der Waals surface area contributed by atoms with Crippen LogP contribution in [-0.2, 0) is 20.9 Å². The first-order chi connectivity index (χ1) is 16.8. The van der Waals surface area contributed by atoms with Crippen molar-refractivity contribution in [2.45, 2.75) is 38.8 Å². The van der Waals surface area contributed by atoms with Crippen LogP contribution in [0.2, 0.25) is 0 Å². The quantitative estimate of drug-likeness (QED) is 0.400. The molecule has 1 aromatic carbocycles. The van der Waals surface area contributed by atoms with E-state index >= 15 is 0 Å². The summed E-state index contributed by atoms with van der Waals surface area (Å²) < 4.78 is 3.90. The second-order valence-electron chi connectivity index (χ2n) is 8.24. The summed E-state index contributed by atoms with van der Waals surface area (Å²) >= 11 is 0. The molecule has 35 heavy (non-hydrogen) atoms. The van der Waals surface area contributed by atoms with Gasteiger partial charge in [0.25, 0.3) is 5.56 Å². The number of fused-ring (bicyclic) bond motifs is 2. The SMILES string of the molecule is Cc1nc2c(NC(=O)CCn3nc4ccccn4c3=O)cccc2c(=O)n1C1CCC(=O)NC1=O. The van der Waals surface area contributed by atoms with Crippen LogP contribution in [0.15, 0.2) is 52.2 Å². The monoisotopic (exact) mass is 475 g/mol. The lowest BCUT2D eigenvalue weighted by atomic mass is 10.1. The normalized spacial score (nSPS) is 16.0. The van der Waals surface area contributed by atoms with E-state index in [-0.39, 0.29) is 60.0 Å². The predicted octanol–water partition coefficient (Wildman–Crippen LogP) is 0.521. The Morgan fingerprint density at radius 3 is 2.74 bits per heavy atom. The molecule has 4 aromatic rings. The molecule has 3 amide bonds. The molecule has 12 nitrogen and oxygen atoms in total. The van der Waals surface area contributed by atoms with Crippen molar-refractivity contribution in [3.05, 3.63) is 69.3 Å². The van der Waals surface area contributed by atoms with Crippen molar-refractivity contribution >= 4 is 40.0 Å². The Labute approximate surface area is 197 Å². The topological polar surface area (TPSA) is 149 Å². The lowest BCUT2D eigenvalue weighted by molar-refractivity contribution is -0.135. The summed E-state index contributed by atoms with van der Waals surface area (Å²) in [7, 11) is 0.